The second-order valence-electron chi connectivity index (χ2n) is 10.6. The highest BCUT2D eigenvalue weighted by Crippen LogP contribution is 2.46. The van der Waals surface area contributed by atoms with Crippen molar-refractivity contribution in [2.75, 3.05) is 46.7 Å². The van der Waals surface area contributed by atoms with Crippen molar-refractivity contribution in [1.29, 1.82) is 0 Å². The Morgan fingerprint density at radius 1 is 1.10 bits per heavy atom. The first-order chi connectivity index (χ1) is 18.2. The number of aliphatic hydroxyl groups is 3. The molecule has 11 nitrogen and oxygen atoms in total. The summed E-state index contributed by atoms with van der Waals surface area (Å²) >= 11 is 0. The predicted molar refractivity (Wildman–Crippen MR) is 147 cm³/mol. The minimum absolute atomic E-state index is 0.0668. The number of carbonyl (C=O) groups excluding carboxylic acids is 3. The molecule has 0 bridgehead atoms. The Morgan fingerprint density at radius 2 is 1.74 bits per heavy atom. The minimum atomic E-state index is -2.38. The Balaban J connectivity index is 2.28. The van der Waals surface area contributed by atoms with E-state index >= 15 is 0 Å². The average Bonchev–Trinajstić information content (AvgIpc) is 2.83. The molecule has 0 saturated heterocycles. The van der Waals surface area contributed by atoms with Gasteiger partial charge in [0.05, 0.1) is 11.6 Å². The highest BCUT2D eigenvalue weighted by molar-refractivity contribution is 6.29. The number of rotatable bonds is 7. The van der Waals surface area contributed by atoms with E-state index in [4.69, 9.17) is 5.73 Å². The Morgan fingerprint density at radius 3 is 2.28 bits per heavy atom. The summed E-state index contributed by atoms with van der Waals surface area (Å²) < 4.78 is 0. The summed E-state index contributed by atoms with van der Waals surface area (Å²) in [5.41, 5.74) is 6.23. The van der Waals surface area contributed by atoms with E-state index in [9.17, 15) is 34.8 Å². The van der Waals surface area contributed by atoms with E-state index in [-0.39, 0.29) is 36.1 Å². The van der Waals surface area contributed by atoms with Crippen LogP contribution in [-0.4, -0.2) is 102 Å². The molecule has 39 heavy (non-hydrogen) atoms. The minimum Gasteiger partial charge on any atom is -0.510 e. The van der Waals surface area contributed by atoms with Crippen LogP contribution in [0.5, 0.6) is 5.75 Å². The number of nitrogens with zero attached hydrogens (tertiary/aromatic N) is 3. The summed E-state index contributed by atoms with van der Waals surface area (Å²) in [5.74, 6) is -5.72. The number of carbonyl (C=O) groups is 3. The van der Waals surface area contributed by atoms with Crippen molar-refractivity contribution in [1.82, 2.24) is 9.80 Å². The fourth-order valence-electron chi connectivity index (χ4n) is 5.49. The van der Waals surface area contributed by atoms with Crippen LogP contribution in [0.4, 0.5) is 5.69 Å². The van der Waals surface area contributed by atoms with Gasteiger partial charge in [-0.2, -0.15) is 0 Å². The van der Waals surface area contributed by atoms with Crippen LogP contribution in [0.2, 0.25) is 0 Å². The number of amides is 1. The number of aromatic hydroxyl groups is 1. The van der Waals surface area contributed by atoms with Crippen molar-refractivity contribution in [3.63, 3.8) is 0 Å². The zero-order valence-corrected chi connectivity index (χ0v) is 23.1. The Hall–Kier alpha value is -3.67. The highest BCUT2D eigenvalue weighted by Gasteiger charge is 2.43. The molecular weight excluding hydrogens is 504 g/mol. The Bertz CT molecular complexity index is 1260. The molecule has 1 amide bonds. The average molecular weight is 543 g/mol. The molecule has 1 aromatic carbocycles. The summed E-state index contributed by atoms with van der Waals surface area (Å²) in [6, 6.07) is 1.02. The number of primary amides is 1. The molecule has 0 aliphatic heterocycles. The lowest BCUT2D eigenvalue weighted by Gasteiger charge is -2.34. The van der Waals surface area contributed by atoms with Gasteiger partial charge >= 0.3 is 0 Å². The van der Waals surface area contributed by atoms with Crippen molar-refractivity contribution in [2.24, 2.45) is 11.7 Å². The lowest BCUT2D eigenvalue weighted by atomic mass is 9.74. The van der Waals surface area contributed by atoms with Crippen LogP contribution in [0.25, 0.3) is 5.76 Å². The van der Waals surface area contributed by atoms with Crippen LogP contribution >= 0.6 is 0 Å². The first-order valence-electron chi connectivity index (χ1n) is 12.7. The molecule has 212 valence electrons. The van der Waals surface area contributed by atoms with Gasteiger partial charge in [0.1, 0.15) is 22.8 Å². The fraction of sp³-hybridized carbons (Fsp3) is 0.464. The van der Waals surface area contributed by atoms with Gasteiger partial charge in [-0.1, -0.05) is 6.08 Å². The second kappa shape index (κ2) is 11.6. The first kappa shape index (κ1) is 29.9. The van der Waals surface area contributed by atoms with Crippen LogP contribution in [0.1, 0.15) is 29.5 Å². The summed E-state index contributed by atoms with van der Waals surface area (Å²) in [6.07, 6.45) is 0.0166. The van der Waals surface area contributed by atoms with Gasteiger partial charge in [-0.3, -0.25) is 24.2 Å². The molecule has 11 heteroatoms. The third-order valence-electron chi connectivity index (χ3n) is 7.42. The smallest absolute Gasteiger partial charge is 0.255 e. The molecule has 2 aliphatic carbocycles. The van der Waals surface area contributed by atoms with E-state index in [0.717, 1.165) is 5.69 Å². The zero-order chi connectivity index (χ0) is 29.3. The molecule has 0 heterocycles. The zero-order valence-electron chi connectivity index (χ0n) is 23.1. The molecule has 6 N–H and O–H groups in total. The highest BCUT2D eigenvalue weighted by atomic mass is 16.3. The van der Waals surface area contributed by atoms with Crippen molar-refractivity contribution in [3.05, 3.63) is 52.3 Å². The third kappa shape index (κ3) is 5.56. The number of benzene rings is 1. The van der Waals surface area contributed by atoms with E-state index in [1.807, 2.05) is 37.0 Å². The third-order valence-corrected chi connectivity index (χ3v) is 7.42. The monoisotopic (exact) mass is 542 g/mol. The number of phenolic OH excluding ortho intramolecular Hbond substituents is 1. The van der Waals surface area contributed by atoms with Gasteiger partial charge in [0.25, 0.3) is 5.91 Å². The van der Waals surface area contributed by atoms with Crippen molar-refractivity contribution >= 4 is 28.9 Å². The van der Waals surface area contributed by atoms with E-state index in [1.54, 1.807) is 25.1 Å². The van der Waals surface area contributed by atoms with Crippen molar-refractivity contribution < 1.29 is 34.8 Å². The normalized spacial score (nSPS) is 24.1. The number of nitrogens with two attached hydrogens (primary N) is 1. The molecule has 1 aromatic rings. The predicted octanol–water partition coefficient (Wildman–Crippen LogP) is 1.04. The maximum absolute atomic E-state index is 13.5. The maximum Gasteiger partial charge on any atom is 0.255 e. The van der Waals surface area contributed by atoms with Crippen LogP contribution in [0.15, 0.2) is 35.6 Å². The molecule has 2 aliphatic rings. The maximum atomic E-state index is 13.5. The van der Waals surface area contributed by atoms with Crippen molar-refractivity contribution in [2.45, 2.75) is 38.0 Å². The number of Topliss-reactive ketones (excluding diaryl/α,β-unsaturated/α-hetero) is 2. The van der Waals surface area contributed by atoms with Crippen LogP contribution in [-0.2, 0) is 27.3 Å². The number of ketones is 2. The van der Waals surface area contributed by atoms with Gasteiger partial charge in [-0.15, -0.1) is 6.58 Å². The molecular formula is C28H38N4O7. The Kier molecular flexibility index (Phi) is 8.89. The Labute approximate surface area is 228 Å². The molecule has 3 atom stereocenters. The summed E-state index contributed by atoms with van der Waals surface area (Å²) in [5, 5.41) is 44.5. The van der Waals surface area contributed by atoms with Gasteiger partial charge in [0.2, 0.25) is 5.78 Å². The molecule has 0 spiro atoms. The molecule has 3 rings (SSSR count). The fourth-order valence-corrected chi connectivity index (χ4v) is 5.49. The van der Waals surface area contributed by atoms with E-state index in [0.29, 0.717) is 24.2 Å². The first-order valence-corrected chi connectivity index (χ1v) is 12.7. The quantitative estimate of drug-likeness (QED) is 0.191. The van der Waals surface area contributed by atoms with Crippen molar-refractivity contribution in [3.8, 4) is 5.75 Å². The van der Waals surface area contributed by atoms with Crippen LogP contribution < -0.4 is 10.6 Å². The summed E-state index contributed by atoms with van der Waals surface area (Å²) in [6.45, 7) is 4.60. The topological polar surface area (TPSA) is 168 Å². The number of likely N-dealkylation sites (N-methyl/N-ethyl adjacent to an activating group) is 2. The van der Waals surface area contributed by atoms with Gasteiger partial charge in [0, 0.05) is 44.0 Å². The van der Waals surface area contributed by atoms with Gasteiger partial charge in [-0.25, -0.2) is 0 Å². The van der Waals surface area contributed by atoms with Gasteiger partial charge in [0.15, 0.2) is 11.9 Å². The SMILES string of the molecule is C=CCN(C)Cc1cc(N(C)C)c2c(c1O)C(O)=C1C(=O)[C@H](O)C(=O)/C(C(N)=O)=C(/O)[C@@H](N(C)C)CC[C@@H]1C2. The van der Waals surface area contributed by atoms with E-state index < -0.39 is 52.6 Å². The number of fused-ring (bicyclic) bond motifs is 2. The molecule has 0 unspecified atom stereocenters. The van der Waals surface area contributed by atoms with Crippen LogP contribution in [0, 0.1) is 5.92 Å². The summed E-state index contributed by atoms with van der Waals surface area (Å²) in [7, 11) is 8.80. The number of aliphatic hydroxyl groups excluding tert-OH is 3. The number of phenols is 1. The number of hydrogen-bond acceptors (Lipinski definition) is 10. The molecule has 0 saturated carbocycles. The second-order valence-corrected chi connectivity index (χ2v) is 10.6. The standard InChI is InChI=1S/C28H38N4O7/c1-7-10-32(6)13-15-12-18(31(4)5)16-11-14-8-9-17(30(2)3)23(34)21(28(29)39)26(37)27(38)25(36)19(14)24(35)20(16)22(15)33/h7,12,14,17,27,33-35,38H,1,8-11,13H2,2-6H3,(H2,29,39)/b23-21-/t14-,17+,27+/m1/s1. The molecule has 0 aromatic heterocycles. The van der Waals surface area contributed by atoms with E-state index in [2.05, 4.69) is 6.58 Å². The van der Waals surface area contributed by atoms with E-state index in [1.165, 1.54) is 0 Å². The number of hydrogen-bond donors (Lipinski definition) is 5. The largest absolute Gasteiger partial charge is 0.510 e. The lowest BCUT2D eigenvalue weighted by molar-refractivity contribution is -0.135. The van der Waals surface area contributed by atoms with Crippen LogP contribution in [0.3, 0.4) is 0 Å². The molecule has 0 radical (unpaired) electrons. The summed E-state index contributed by atoms with van der Waals surface area (Å²) in [4.78, 5) is 44.1. The van der Waals surface area contributed by atoms with Gasteiger partial charge < -0.3 is 31.1 Å². The number of anilines is 1. The lowest BCUT2D eigenvalue weighted by Crippen LogP contribution is -2.43. The van der Waals surface area contributed by atoms with Gasteiger partial charge in [-0.05, 0) is 58.0 Å². The molecule has 0 fully saturated rings.